The molecule has 5 nitrogen and oxygen atoms in total. The van der Waals surface area contributed by atoms with Gasteiger partial charge in [0.2, 0.25) is 5.91 Å². The number of carbonyl (C=O) groups is 1. The topological polar surface area (TPSA) is 48.0 Å². The Bertz CT molecular complexity index is 495. The SMILES string of the molecule is COCC1CCN(C(=O)Cc2ccc(OC)c(OC)c2)CC1. The van der Waals surface area contributed by atoms with Gasteiger partial charge in [0.15, 0.2) is 11.5 Å². The highest BCUT2D eigenvalue weighted by atomic mass is 16.5. The van der Waals surface area contributed by atoms with E-state index in [-0.39, 0.29) is 5.91 Å². The van der Waals surface area contributed by atoms with E-state index in [0.29, 0.717) is 23.8 Å². The maximum atomic E-state index is 12.4. The van der Waals surface area contributed by atoms with E-state index in [1.165, 1.54) is 0 Å². The second-order valence-electron chi connectivity index (χ2n) is 5.65. The molecular formula is C17H25NO4. The molecule has 0 aromatic heterocycles. The van der Waals surface area contributed by atoms with Crippen molar-refractivity contribution in [2.75, 3.05) is 41.0 Å². The summed E-state index contributed by atoms with van der Waals surface area (Å²) in [5.41, 5.74) is 0.946. The number of likely N-dealkylation sites (tertiary alicyclic amines) is 1. The first-order valence-electron chi connectivity index (χ1n) is 7.65. The molecule has 1 aromatic rings. The molecule has 1 aromatic carbocycles. The van der Waals surface area contributed by atoms with Crippen LogP contribution in [0.3, 0.4) is 0 Å². The summed E-state index contributed by atoms with van der Waals surface area (Å²) in [6, 6.07) is 5.62. The Morgan fingerprint density at radius 1 is 1.14 bits per heavy atom. The number of rotatable bonds is 6. The lowest BCUT2D eigenvalue weighted by Gasteiger charge is -2.31. The van der Waals surface area contributed by atoms with Crippen LogP contribution in [0.1, 0.15) is 18.4 Å². The smallest absolute Gasteiger partial charge is 0.226 e. The van der Waals surface area contributed by atoms with Crippen molar-refractivity contribution in [3.05, 3.63) is 23.8 Å². The van der Waals surface area contributed by atoms with E-state index in [2.05, 4.69) is 0 Å². The van der Waals surface area contributed by atoms with Crippen molar-refractivity contribution < 1.29 is 19.0 Å². The number of ether oxygens (including phenoxy) is 3. The summed E-state index contributed by atoms with van der Waals surface area (Å²) in [5, 5.41) is 0. The first kappa shape index (κ1) is 16.6. The van der Waals surface area contributed by atoms with Crippen LogP contribution in [0.15, 0.2) is 18.2 Å². The van der Waals surface area contributed by atoms with Gasteiger partial charge in [-0.05, 0) is 36.5 Å². The molecular weight excluding hydrogens is 282 g/mol. The zero-order valence-electron chi connectivity index (χ0n) is 13.6. The van der Waals surface area contributed by atoms with E-state index in [0.717, 1.165) is 38.1 Å². The summed E-state index contributed by atoms with van der Waals surface area (Å²) in [7, 11) is 4.94. The number of nitrogens with zero attached hydrogens (tertiary/aromatic N) is 1. The quantitative estimate of drug-likeness (QED) is 0.808. The number of benzene rings is 1. The standard InChI is InChI=1S/C17H25NO4/c1-20-12-13-6-8-18(9-7-13)17(19)11-14-4-5-15(21-2)16(10-14)22-3/h4-5,10,13H,6-9,11-12H2,1-3H3. The third-order valence-electron chi connectivity index (χ3n) is 4.17. The van der Waals surface area contributed by atoms with Gasteiger partial charge in [0.1, 0.15) is 0 Å². The van der Waals surface area contributed by atoms with Crippen LogP contribution in [0.5, 0.6) is 11.5 Å². The molecule has 1 aliphatic heterocycles. The summed E-state index contributed by atoms with van der Waals surface area (Å²) < 4.78 is 15.7. The average Bonchev–Trinajstić information content (AvgIpc) is 2.55. The molecule has 0 radical (unpaired) electrons. The van der Waals surface area contributed by atoms with Gasteiger partial charge in [-0.2, -0.15) is 0 Å². The van der Waals surface area contributed by atoms with Crippen LogP contribution >= 0.6 is 0 Å². The van der Waals surface area contributed by atoms with E-state index < -0.39 is 0 Å². The minimum absolute atomic E-state index is 0.170. The fourth-order valence-electron chi connectivity index (χ4n) is 2.86. The number of methoxy groups -OCH3 is 3. The van der Waals surface area contributed by atoms with E-state index in [1.807, 2.05) is 23.1 Å². The molecule has 0 atom stereocenters. The van der Waals surface area contributed by atoms with Crippen LogP contribution in [0.25, 0.3) is 0 Å². The van der Waals surface area contributed by atoms with Crippen LogP contribution in [-0.2, 0) is 16.0 Å². The predicted octanol–water partition coefficient (Wildman–Crippen LogP) is 2.13. The van der Waals surface area contributed by atoms with Crippen molar-refractivity contribution in [2.24, 2.45) is 5.92 Å². The Balaban J connectivity index is 1.92. The molecule has 0 unspecified atom stereocenters. The third-order valence-corrected chi connectivity index (χ3v) is 4.17. The molecule has 22 heavy (non-hydrogen) atoms. The molecule has 0 aliphatic carbocycles. The van der Waals surface area contributed by atoms with Gasteiger partial charge in [0, 0.05) is 26.8 Å². The second-order valence-corrected chi connectivity index (χ2v) is 5.65. The maximum Gasteiger partial charge on any atom is 0.226 e. The Morgan fingerprint density at radius 2 is 1.82 bits per heavy atom. The summed E-state index contributed by atoms with van der Waals surface area (Å²) in [6.45, 7) is 2.43. The van der Waals surface area contributed by atoms with Crippen LogP contribution in [0.2, 0.25) is 0 Å². The van der Waals surface area contributed by atoms with E-state index in [9.17, 15) is 4.79 Å². The van der Waals surface area contributed by atoms with E-state index in [1.54, 1.807) is 21.3 Å². The minimum Gasteiger partial charge on any atom is -0.493 e. The van der Waals surface area contributed by atoms with Gasteiger partial charge in [-0.25, -0.2) is 0 Å². The fraction of sp³-hybridized carbons (Fsp3) is 0.588. The first-order chi connectivity index (χ1) is 10.7. The van der Waals surface area contributed by atoms with Crippen molar-refractivity contribution in [2.45, 2.75) is 19.3 Å². The molecule has 2 rings (SSSR count). The van der Waals surface area contributed by atoms with Gasteiger partial charge >= 0.3 is 0 Å². The molecule has 1 fully saturated rings. The van der Waals surface area contributed by atoms with Gasteiger partial charge < -0.3 is 19.1 Å². The highest BCUT2D eigenvalue weighted by Crippen LogP contribution is 2.28. The van der Waals surface area contributed by atoms with Crippen LogP contribution in [0, 0.1) is 5.92 Å². The first-order valence-corrected chi connectivity index (χ1v) is 7.65. The lowest BCUT2D eigenvalue weighted by molar-refractivity contribution is -0.132. The summed E-state index contributed by atoms with van der Waals surface area (Å²) in [6.07, 6.45) is 2.44. The lowest BCUT2D eigenvalue weighted by Crippen LogP contribution is -2.40. The van der Waals surface area contributed by atoms with Crippen molar-refractivity contribution in [3.8, 4) is 11.5 Å². The number of amides is 1. The van der Waals surface area contributed by atoms with Crippen molar-refractivity contribution >= 4 is 5.91 Å². The zero-order valence-corrected chi connectivity index (χ0v) is 13.6. The van der Waals surface area contributed by atoms with Gasteiger partial charge in [0.25, 0.3) is 0 Å². The predicted molar refractivity (Wildman–Crippen MR) is 84.4 cm³/mol. The Kier molecular flexibility index (Phi) is 6.07. The van der Waals surface area contributed by atoms with Gasteiger partial charge in [-0.3, -0.25) is 4.79 Å². The van der Waals surface area contributed by atoms with Crippen LogP contribution in [-0.4, -0.2) is 51.8 Å². The average molecular weight is 307 g/mol. The van der Waals surface area contributed by atoms with Crippen LogP contribution < -0.4 is 9.47 Å². The fourth-order valence-corrected chi connectivity index (χ4v) is 2.86. The van der Waals surface area contributed by atoms with Gasteiger partial charge in [-0.15, -0.1) is 0 Å². The third kappa shape index (κ3) is 4.13. The normalized spacial score (nSPS) is 15.7. The molecule has 0 spiro atoms. The van der Waals surface area contributed by atoms with Crippen LogP contribution in [0.4, 0.5) is 0 Å². The van der Waals surface area contributed by atoms with E-state index >= 15 is 0 Å². The summed E-state index contributed by atoms with van der Waals surface area (Å²) >= 11 is 0. The summed E-state index contributed by atoms with van der Waals surface area (Å²) in [4.78, 5) is 14.4. The monoisotopic (exact) mass is 307 g/mol. The summed E-state index contributed by atoms with van der Waals surface area (Å²) in [5.74, 6) is 2.09. The Morgan fingerprint density at radius 3 is 2.41 bits per heavy atom. The second kappa shape index (κ2) is 8.03. The van der Waals surface area contributed by atoms with Crippen molar-refractivity contribution in [3.63, 3.8) is 0 Å². The Labute approximate surface area is 132 Å². The molecule has 0 N–H and O–H groups in total. The van der Waals surface area contributed by atoms with Gasteiger partial charge in [0.05, 0.1) is 20.6 Å². The molecule has 1 heterocycles. The zero-order chi connectivity index (χ0) is 15.9. The Hall–Kier alpha value is -1.75. The van der Waals surface area contributed by atoms with Crippen molar-refractivity contribution in [1.29, 1.82) is 0 Å². The largest absolute Gasteiger partial charge is 0.493 e. The highest BCUT2D eigenvalue weighted by Gasteiger charge is 2.22. The number of carbonyl (C=O) groups excluding carboxylic acids is 1. The van der Waals surface area contributed by atoms with Crippen molar-refractivity contribution in [1.82, 2.24) is 4.90 Å². The van der Waals surface area contributed by atoms with E-state index in [4.69, 9.17) is 14.2 Å². The molecule has 1 amide bonds. The molecule has 1 aliphatic rings. The number of piperidine rings is 1. The molecule has 5 heteroatoms. The molecule has 0 bridgehead atoms. The lowest BCUT2D eigenvalue weighted by atomic mass is 9.97. The minimum atomic E-state index is 0.170. The number of hydrogen-bond donors (Lipinski definition) is 0. The molecule has 0 saturated carbocycles. The molecule has 1 saturated heterocycles. The molecule has 122 valence electrons. The highest BCUT2D eigenvalue weighted by molar-refractivity contribution is 5.79. The maximum absolute atomic E-state index is 12.4. The number of hydrogen-bond acceptors (Lipinski definition) is 4. The van der Waals surface area contributed by atoms with Gasteiger partial charge in [-0.1, -0.05) is 6.07 Å².